The summed E-state index contributed by atoms with van der Waals surface area (Å²) in [6.45, 7) is 2.22. The highest BCUT2D eigenvalue weighted by molar-refractivity contribution is 7.89. The Hall–Kier alpha value is -1.87. The first-order chi connectivity index (χ1) is 13.8. The number of sulfonamides is 1. The molecule has 1 aliphatic carbocycles. The van der Waals surface area contributed by atoms with E-state index in [0.717, 1.165) is 18.7 Å². The second kappa shape index (κ2) is 8.10. The van der Waals surface area contributed by atoms with Gasteiger partial charge in [0, 0.05) is 38.4 Å². The van der Waals surface area contributed by atoms with E-state index in [2.05, 4.69) is 14.6 Å². The molecular formula is C19H20Cl2N4O3S. The van der Waals surface area contributed by atoms with Crippen LogP contribution in [0.15, 0.2) is 41.4 Å². The average molecular weight is 455 g/mol. The summed E-state index contributed by atoms with van der Waals surface area (Å²) < 4.78 is 27.8. The fourth-order valence-corrected chi connectivity index (χ4v) is 5.39. The Kier molecular flexibility index (Phi) is 5.70. The molecular weight excluding hydrogens is 435 g/mol. The Balaban J connectivity index is 1.52. The van der Waals surface area contributed by atoms with Gasteiger partial charge in [-0.25, -0.2) is 18.1 Å². The lowest BCUT2D eigenvalue weighted by atomic mass is 10.1. The molecule has 1 aromatic carbocycles. The number of amides is 1. The molecule has 1 aliphatic heterocycles. The van der Waals surface area contributed by atoms with Crippen LogP contribution in [0.1, 0.15) is 23.2 Å². The SMILES string of the molecule is O=C(c1cc(S(=O)(=O)NC2CC2)c(Cl)cc1Cl)N1CCN(c2ccccn2)CC1. The van der Waals surface area contributed by atoms with Crippen molar-refractivity contribution in [2.75, 3.05) is 31.1 Å². The third-order valence-electron chi connectivity index (χ3n) is 4.98. The van der Waals surface area contributed by atoms with Gasteiger partial charge in [0.25, 0.3) is 5.91 Å². The van der Waals surface area contributed by atoms with Gasteiger partial charge in [0.05, 0.1) is 15.6 Å². The molecule has 0 unspecified atom stereocenters. The van der Waals surface area contributed by atoms with Crippen LogP contribution in [0.3, 0.4) is 0 Å². The van der Waals surface area contributed by atoms with E-state index in [4.69, 9.17) is 23.2 Å². The van der Waals surface area contributed by atoms with Crippen molar-refractivity contribution in [3.8, 4) is 0 Å². The number of halogens is 2. The van der Waals surface area contributed by atoms with E-state index in [9.17, 15) is 13.2 Å². The Morgan fingerprint density at radius 3 is 2.41 bits per heavy atom. The maximum atomic E-state index is 13.0. The van der Waals surface area contributed by atoms with Gasteiger partial charge < -0.3 is 9.80 Å². The first-order valence-corrected chi connectivity index (χ1v) is 11.6. The molecule has 1 saturated carbocycles. The quantitative estimate of drug-likeness (QED) is 0.750. The van der Waals surface area contributed by atoms with Crippen molar-refractivity contribution < 1.29 is 13.2 Å². The molecule has 1 N–H and O–H groups in total. The lowest BCUT2D eigenvalue weighted by molar-refractivity contribution is 0.0746. The normalized spacial score (nSPS) is 17.4. The summed E-state index contributed by atoms with van der Waals surface area (Å²) in [5, 5.41) is 0.136. The van der Waals surface area contributed by atoms with Gasteiger partial charge in [0.1, 0.15) is 10.7 Å². The highest BCUT2D eigenvalue weighted by Gasteiger charge is 2.31. The van der Waals surface area contributed by atoms with Crippen molar-refractivity contribution in [2.45, 2.75) is 23.8 Å². The molecule has 0 bridgehead atoms. The van der Waals surface area contributed by atoms with E-state index in [1.807, 2.05) is 18.2 Å². The van der Waals surface area contributed by atoms with Crippen LogP contribution < -0.4 is 9.62 Å². The number of benzene rings is 1. The lowest BCUT2D eigenvalue weighted by Crippen LogP contribution is -2.49. The summed E-state index contributed by atoms with van der Waals surface area (Å²) in [5.74, 6) is 0.555. The van der Waals surface area contributed by atoms with E-state index in [1.165, 1.54) is 12.1 Å². The number of nitrogens with one attached hydrogen (secondary N) is 1. The minimum atomic E-state index is -3.80. The summed E-state index contributed by atoms with van der Waals surface area (Å²) in [5.41, 5.74) is 0.138. The summed E-state index contributed by atoms with van der Waals surface area (Å²) >= 11 is 12.4. The molecule has 0 radical (unpaired) electrons. The molecule has 1 amide bonds. The first kappa shape index (κ1) is 20.4. The van der Waals surface area contributed by atoms with Crippen molar-refractivity contribution in [1.29, 1.82) is 0 Å². The molecule has 1 saturated heterocycles. The standard InChI is InChI=1S/C19H20Cl2N4O3S/c20-15-12-16(21)17(29(27,28)23-13-4-5-13)11-14(15)19(26)25-9-7-24(8-10-25)18-3-1-2-6-22-18/h1-3,6,11-13,23H,4-5,7-10H2. The molecule has 29 heavy (non-hydrogen) atoms. The van der Waals surface area contributed by atoms with Crippen LogP contribution >= 0.6 is 23.2 Å². The van der Waals surface area contributed by atoms with Crippen LogP contribution in [0.5, 0.6) is 0 Å². The Bertz CT molecular complexity index is 1020. The highest BCUT2D eigenvalue weighted by atomic mass is 35.5. The minimum absolute atomic E-state index is 0.000304. The number of carbonyl (C=O) groups is 1. The molecule has 7 nitrogen and oxygen atoms in total. The van der Waals surface area contributed by atoms with E-state index >= 15 is 0 Å². The molecule has 0 spiro atoms. The maximum Gasteiger partial charge on any atom is 0.255 e. The minimum Gasteiger partial charge on any atom is -0.353 e. The number of hydrogen-bond acceptors (Lipinski definition) is 5. The van der Waals surface area contributed by atoms with E-state index < -0.39 is 10.0 Å². The predicted molar refractivity (Wildman–Crippen MR) is 112 cm³/mol. The van der Waals surface area contributed by atoms with Crippen molar-refractivity contribution >= 4 is 45.0 Å². The average Bonchev–Trinajstić information content (AvgIpc) is 3.51. The fourth-order valence-electron chi connectivity index (χ4n) is 3.23. The molecule has 1 aromatic heterocycles. The number of hydrogen-bond donors (Lipinski definition) is 1. The summed E-state index contributed by atoms with van der Waals surface area (Å²) in [6, 6.07) is 8.24. The van der Waals surface area contributed by atoms with Crippen molar-refractivity contribution in [2.24, 2.45) is 0 Å². The third-order valence-corrected chi connectivity index (χ3v) is 7.28. The van der Waals surface area contributed by atoms with Crippen molar-refractivity contribution in [3.63, 3.8) is 0 Å². The third kappa shape index (κ3) is 4.50. The number of aromatic nitrogens is 1. The Morgan fingerprint density at radius 1 is 1.07 bits per heavy atom. The van der Waals surface area contributed by atoms with Gasteiger partial charge in [-0.15, -0.1) is 0 Å². The van der Waals surface area contributed by atoms with E-state index in [1.54, 1.807) is 11.1 Å². The Morgan fingerprint density at radius 2 is 1.79 bits per heavy atom. The number of carbonyl (C=O) groups excluding carboxylic acids is 1. The lowest BCUT2D eigenvalue weighted by Gasteiger charge is -2.35. The molecule has 0 atom stereocenters. The topological polar surface area (TPSA) is 82.6 Å². The second-order valence-corrected chi connectivity index (χ2v) is 9.62. The number of piperazine rings is 1. The zero-order valence-corrected chi connectivity index (χ0v) is 17.8. The van der Waals surface area contributed by atoms with Gasteiger partial charge in [0.2, 0.25) is 10.0 Å². The van der Waals surface area contributed by atoms with Crippen LogP contribution in [0, 0.1) is 0 Å². The molecule has 4 rings (SSSR count). The smallest absolute Gasteiger partial charge is 0.255 e. The zero-order chi connectivity index (χ0) is 20.6. The van der Waals surface area contributed by atoms with Gasteiger partial charge in [-0.2, -0.15) is 0 Å². The van der Waals surface area contributed by atoms with Gasteiger partial charge >= 0.3 is 0 Å². The summed E-state index contributed by atoms with van der Waals surface area (Å²) in [4.78, 5) is 21.0. The van der Waals surface area contributed by atoms with Crippen LogP contribution in [0.2, 0.25) is 10.0 Å². The molecule has 2 fully saturated rings. The highest BCUT2D eigenvalue weighted by Crippen LogP contribution is 2.31. The van der Waals surface area contributed by atoms with Gasteiger partial charge in [-0.1, -0.05) is 29.3 Å². The number of anilines is 1. The van der Waals surface area contributed by atoms with Gasteiger partial charge in [0.15, 0.2) is 0 Å². The van der Waals surface area contributed by atoms with Crippen LogP contribution in [0.25, 0.3) is 0 Å². The summed E-state index contributed by atoms with van der Waals surface area (Å²) in [6.07, 6.45) is 3.34. The molecule has 2 aliphatic rings. The fraction of sp³-hybridized carbons (Fsp3) is 0.368. The monoisotopic (exact) mass is 454 g/mol. The van der Waals surface area contributed by atoms with Crippen LogP contribution in [-0.2, 0) is 10.0 Å². The predicted octanol–water partition coefficient (Wildman–Crippen LogP) is 2.79. The number of nitrogens with zero attached hydrogens (tertiary/aromatic N) is 3. The second-order valence-electron chi connectivity index (χ2n) is 7.13. The maximum absolute atomic E-state index is 13.0. The van der Waals surface area contributed by atoms with Crippen LogP contribution in [0.4, 0.5) is 5.82 Å². The number of rotatable bonds is 5. The van der Waals surface area contributed by atoms with E-state index in [-0.39, 0.29) is 32.5 Å². The van der Waals surface area contributed by atoms with Crippen LogP contribution in [-0.4, -0.2) is 56.4 Å². The zero-order valence-electron chi connectivity index (χ0n) is 15.5. The van der Waals surface area contributed by atoms with Gasteiger partial charge in [-0.3, -0.25) is 4.79 Å². The Labute approximate surface area is 179 Å². The van der Waals surface area contributed by atoms with Crippen molar-refractivity contribution in [1.82, 2.24) is 14.6 Å². The van der Waals surface area contributed by atoms with Gasteiger partial charge in [-0.05, 0) is 37.1 Å². The first-order valence-electron chi connectivity index (χ1n) is 9.32. The molecule has 2 heterocycles. The summed E-state index contributed by atoms with van der Waals surface area (Å²) in [7, 11) is -3.80. The molecule has 10 heteroatoms. The number of pyridine rings is 1. The van der Waals surface area contributed by atoms with E-state index in [0.29, 0.717) is 26.2 Å². The largest absolute Gasteiger partial charge is 0.353 e. The molecule has 2 aromatic rings. The molecule has 154 valence electrons. The van der Waals surface area contributed by atoms with Crippen molar-refractivity contribution in [3.05, 3.63) is 52.1 Å².